The Kier molecular flexibility index (Phi) is 2.94. The number of hydrogen-bond acceptors (Lipinski definition) is 1. The van der Waals surface area contributed by atoms with Gasteiger partial charge < -0.3 is 5.73 Å². The zero-order valence-corrected chi connectivity index (χ0v) is 8.43. The molecule has 2 N–H and O–H groups in total. The fourth-order valence-corrected chi connectivity index (χ4v) is 1.33. The summed E-state index contributed by atoms with van der Waals surface area (Å²) in [5, 5.41) is 0.556. The van der Waals surface area contributed by atoms with E-state index < -0.39 is 5.91 Å². The third-order valence-electron chi connectivity index (χ3n) is 1.87. The second-order valence-electron chi connectivity index (χ2n) is 3.29. The number of halogens is 1. The summed E-state index contributed by atoms with van der Waals surface area (Å²) in [6.45, 7) is 4.08. The van der Waals surface area contributed by atoms with E-state index in [1.165, 1.54) is 0 Å². The van der Waals surface area contributed by atoms with Crippen molar-refractivity contribution < 1.29 is 4.79 Å². The fourth-order valence-electron chi connectivity index (χ4n) is 1.09. The van der Waals surface area contributed by atoms with Gasteiger partial charge in [0.05, 0.1) is 0 Å². The van der Waals surface area contributed by atoms with Gasteiger partial charge in [0.1, 0.15) is 0 Å². The lowest BCUT2D eigenvalue weighted by Crippen LogP contribution is -2.11. The summed E-state index contributed by atoms with van der Waals surface area (Å²) in [6.07, 6.45) is 0. The highest BCUT2D eigenvalue weighted by Crippen LogP contribution is 2.21. The van der Waals surface area contributed by atoms with Crippen LogP contribution in [0.3, 0.4) is 0 Å². The molecule has 0 aromatic heterocycles. The van der Waals surface area contributed by atoms with Crippen LogP contribution in [0, 0.1) is 0 Å². The molecule has 0 spiro atoms. The van der Waals surface area contributed by atoms with Crippen LogP contribution in [0.4, 0.5) is 0 Å². The largest absolute Gasteiger partial charge is 0.366 e. The second-order valence-corrected chi connectivity index (χ2v) is 3.73. The first-order valence-corrected chi connectivity index (χ1v) is 4.49. The molecule has 2 nitrogen and oxygen atoms in total. The number of carbonyl (C=O) groups is 1. The molecule has 1 amide bonds. The molecule has 0 bridgehead atoms. The maximum Gasteiger partial charge on any atom is 0.248 e. The van der Waals surface area contributed by atoms with Crippen LogP contribution in [0.15, 0.2) is 18.2 Å². The maximum absolute atomic E-state index is 10.9. The van der Waals surface area contributed by atoms with Crippen LogP contribution >= 0.6 is 11.6 Å². The molecule has 0 saturated heterocycles. The minimum atomic E-state index is -0.440. The number of carbonyl (C=O) groups excluding carboxylic acids is 1. The number of primary amides is 1. The van der Waals surface area contributed by atoms with E-state index in [-0.39, 0.29) is 0 Å². The van der Waals surface area contributed by atoms with E-state index in [1.54, 1.807) is 12.1 Å². The second kappa shape index (κ2) is 3.79. The van der Waals surface area contributed by atoms with Gasteiger partial charge in [-0.3, -0.25) is 4.79 Å². The Morgan fingerprint density at radius 1 is 1.38 bits per heavy atom. The highest BCUT2D eigenvalue weighted by atomic mass is 35.5. The molecule has 0 aliphatic heterocycles. The maximum atomic E-state index is 10.9. The Morgan fingerprint density at radius 3 is 2.46 bits per heavy atom. The molecule has 1 aromatic rings. The third-order valence-corrected chi connectivity index (χ3v) is 2.09. The van der Waals surface area contributed by atoms with Crippen molar-refractivity contribution >= 4 is 17.5 Å². The van der Waals surface area contributed by atoms with Crippen molar-refractivity contribution in [1.29, 1.82) is 0 Å². The summed E-state index contributed by atoms with van der Waals surface area (Å²) >= 11 is 5.83. The molecule has 70 valence electrons. The predicted molar refractivity (Wildman–Crippen MR) is 54.1 cm³/mol. The number of hydrogen-bond donors (Lipinski definition) is 1. The smallest absolute Gasteiger partial charge is 0.248 e. The first-order valence-electron chi connectivity index (χ1n) is 4.11. The molecule has 1 rings (SSSR count). The SMILES string of the molecule is CC(C)c1cc(Cl)cc(C(N)=O)c1. The van der Waals surface area contributed by atoms with Crippen LogP contribution in [0.1, 0.15) is 35.7 Å². The molecule has 0 heterocycles. The Labute approximate surface area is 82.7 Å². The minimum absolute atomic E-state index is 0.344. The van der Waals surface area contributed by atoms with E-state index in [4.69, 9.17) is 17.3 Å². The van der Waals surface area contributed by atoms with Crippen LogP contribution < -0.4 is 5.73 Å². The fraction of sp³-hybridized carbons (Fsp3) is 0.300. The summed E-state index contributed by atoms with van der Waals surface area (Å²) in [5.41, 5.74) is 6.65. The topological polar surface area (TPSA) is 43.1 Å². The summed E-state index contributed by atoms with van der Waals surface area (Å²) in [4.78, 5) is 10.9. The molecule has 0 saturated carbocycles. The van der Waals surface area contributed by atoms with Crippen molar-refractivity contribution in [2.75, 3.05) is 0 Å². The first-order chi connectivity index (χ1) is 6.00. The van der Waals surface area contributed by atoms with Crippen molar-refractivity contribution in [2.24, 2.45) is 5.73 Å². The average molecular weight is 198 g/mol. The van der Waals surface area contributed by atoms with Gasteiger partial charge in [-0.25, -0.2) is 0 Å². The van der Waals surface area contributed by atoms with Gasteiger partial charge in [0.2, 0.25) is 5.91 Å². The van der Waals surface area contributed by atoms with E-state index in [1.807, 2.05) is 19.9 Å². The van der Waals surface area contributed by atoms with Crippen molar-refractivity contribution in [2.45, 2.75) is 19.8 Å². The van der Waals surface area contributed by atoms with Crippen LogP contribution in [0.2, 0.25) is 5.02 Å². The van der Waals surface area contributed by atoms with Crippen molar-refractivity contribution in [1.82, 2.24) is 0 Å². The van der Waals surface area contributed by atoms with E-state index in [0.717, 1.165) is 5.56 Å². The van der Waals surface area contributed by atoms with Crippen LogP contribution in [0.5, 0.6) is 0 Å². The number of benzene rings is 1. The normalized spacial score (nSPS) is 10.5. The van der Waals surface area contributed by atoms with Crippen molar-refractivity contribution in [3.63, 3.8) is 0 Å². The molecule has 0 atom stereocenters. The van der Waals surface area contributed by atoms with Gasteiger partial charge in [-0.15, -0.1) is 0 Å². The molecular weight excluding hydrogens is 186 g/mol. The van der Waals surface area contributed by atoms with Gasteiger partial charge in [-0.05, 0) is 29.7 Å². The molecule has 13 heavy (non-hydrogen) atoms. The van der Waals surface area contributed by atoms with Crippen molar-refractivity contribution in [3.05, 3.63) is 34.3 Å². The summed E-state index contributed by atoms with van der Waals surface area (Å²) in [7, 11) is 0. The molecule has 1 aromatic carbocycles. The summed E-state index contributed by atoms with van der Waals surface area (Å²) in [6, 6.07) is 5.20. The van der Waals surface area contributed by atoms with E-state index >= 15 is 0 Å². The van der Waals surface area contributed by atoms with Crippen molar-refractivity contribution in [3.8, 4) is 0 Å². The van der Waals surface area contributed by atoms with Gasteiger partial charge >= 0.3 is 0 Å². The Balaban J connectivity index is 3.19. The van der Waals surface area contributed by atoms with Gasteiger partial charge in [-0.2, -0.15) is 0 Å². The molecule has 0 aliphatic rings. The highest BCUT2D eigenvalue weighted by Gasteiger charge is 2.06. The van der Waals surface area contributed by atoms with E-state index in [0.29, 0.717) is 16.5 Å². The van der Waals surface area contributed by atoms with Crippen LogP contribution in [0.25, 0.3) is 0 Å². The van der Waals surface area contributed by atoms with Gasteiger partial charge in [-0.1, -0.05) is 25.4 Å². The summed E-state index contributed by atoms with van der Waals surface area (Å²) < 4.78 is 0. The standard InChI is InChI=1S/C10H12ClNO/c1-6(2)7-3-8(10(12)13)5-9(11)4-7/h3-6H,1-2H3,(H2,12,13). The first kappa shape index (κ1) is 10.1. The minimum Gasteiger partial charge on any atom is -0.366 e. The lowest BCUT2D eigenvalue weighted by molar-refractivity contribution is 0.1000. The Hall–Kier alpha value is -1.02. The molecule has 0 aliphatic carbocycles. The average Bonchev–Trinajstić information content (AvgIpc) is 2.03. The molecular formula is C10H12ClNO. The van der Waals surface area contributed by atoms with Gasteiger partial charge in [0.15, 0.2) is 0 Å². The number of amides is 1. The number of nitrogens with two attached hydrogens (primary N) is 1. The van der Waals surface area contributed by atoms with Gasteiger partial charge in [0, 0.05) is 10.6 Å². The lowest BCUT2D eigenvalue weighted by atomic mass is 10.0. The highest BCUT2D eigenvalue weighted by molar-refractivity contribution is 6.31. The molecule has 0 radical (unpaired) electrons. The zero-order valence-electron chi connectivity index (χ0n) is 7.67. The molecule has 0 unspecified atom stereocenters. The quantitative estimate of drug-likeness (QED) is 0.778. The molecule has 3 heteroatoms. The Morgan fingerprint density at radius 2 is 2.00 bits per heavy atom. The zero-order chi connectivity index (χ0) is 10.0. The van der Waals surface area contributed by atoms with E-state index in [9.17, 15) is 4.79 Å². The third kappa shape index (κ3) is 2.46. The molecule has 0 fully saturated rings. The van der Waals surface area contributed by atoms with E-state index in [2.05, 4.69) is 0 Å². The Bertz CT molecular complexity index is 334. The van der Waals surface area contributed by atoms with Crippen LogP contribution in [-0.4, -0.2) is 5.91 Å². The summed E-state index contributed by atoms with van der Waals surface area (Å²) in [5.74, 6) is -0.0961. The van der Waals surface area contributed by atoms with Gasteiger partial charge in [0.25, 0.3) is 0 Å². The predicted octanol–water partition coefficient (Wildman–Crippen LogP) is 2.56. The lowest BCUT2D eigenvalue weighted by Gasteiger charge is -2.07. The number of rotatable bonds is 2. The monoisotopic (exact) mass is 197 g/mol. The van der Waals surface area contributed by atoms with Crippen LogP contribution in [-0.2, 0) is 0 Å².